The van der Waals surface area contributed by atoms with E-state index in [9.17, 15) is 9.18 Å². The molecule has 1 spiro atoms. The van der Waals surface area contributed by atoms with E-state index < -0.39 is 5.82 Å². The molecule has 4 heteroatoms. The first-order valence-corrected chi connectivity index (χ1v) is 7.86. The second kappa shape index (κ2) is 5.32. The number of nitrogens with two attached hydrogens (primary N) is 1. The Hall–Kier alpha value is -1.58. The second-order valence-electron chi connectivity index (χ2n) is 6.67. The minimum absolute atomic E-state index is 0.0894. The summed E-state index contributed by atoms with van der Waals surface area (Å²) >= 11 is 0. The van der Waals surface area contributed by atoms with Crippen molar-refractivity contribution in [3.8, 4) is 0 Å². The van der Waals surface area contributed by atoms with Gasteiger partial charge in [0.15, 0.2) is 0 Å². The standard InChI is InChI=1S/C17H23FN2O/c1-12-14(18)10-13(11-15(12)19)16(21)20-8-6-17(7-9-20)4-2-3-5-17/h10-11H,2-9,19H2,1H3. The average molecular weight is 290 g/mol. The van der Waals surface area contributed by atoms with E-state index in [1.807, 2.05) is 4.90 Å². The molecule has 0 atom stereocenters. The number of nitrogen functional groups attached to an aromatic ring is 1. The lowest BCUT2D eigenvalue weighted by molar-refractivity contribution is 0.0587. The Morgan fingerprint density at radius 3 is 2.38 bits per heavy atom. The van der Waals surface area contributed by atoms with E-state index in [4.69, 9.17) is 5.73 Å². The first-order chi connectivity index (χ1) is 10.0. The topological polar surface area (TPSA) is 46.3 Å². The highest BCUT2D eigenvalue weighted by atomic mass is 19.1. The van der Waals surface area contributed by atoms with Crippen molar-refractivity contribution >= 4 is 11.6 Å². The molecule has 2 fully saturated rings. The van der Waals surface area contributed by atoms with Crippen LogP contribution in [0.5, 0.6) is 0 Å². The van der Waals surface area contributed by atoms with Crippen LogP contribution in [-0.4, -0.2) is 23.9 Å². The summed E-state index contributed by atoms with van der Waals surface area (Å²) in [5.41, 5.74) is 7.39. The van der Waals surface area contributed by atoms with E-state index in [2.05, 4.69) is 0 Å². The van der Waals surface area contributed by atoms with Crippen molar-refractivity contribution in [1.29, 1.82) is 0 Å². The van der Waals surface area contributed by atoms with Gasteiger partial charge in [-0.2, -0.15) is 0 Å². The summed E-state index contributed by atoms with van der Waals surface area (Å²) in [7, 11) is 0. The molecule has 3 nitrogen and oxygen atoms in total. The molecule has 0 bridgehead atoms. The molecule has 1 aliphatic heterocycles. The van der Waals surface area contributed by atoms with E-state index in [1.165, 1.54) is 31.7 Å². The van der Waals surface area contributed by atoms with Crippen LogP contribution in [0.4, 0.5) is 10.1 Å². The molecule has 1 amide bonds. The van der Waals surface area contributed by atoms with Gasteiger partial charge in [-0.05, 0) is 50.2 Å². The predicted octanol–water partition coefficient (Wildman–Crippen LogP) is 3.51. The number of benzene rings is 1. The summed E-state index contributed by atoms with van der Waals surface area (Å²) in [6.45, 7) is 3.20. The lowest BCUT2D eigenvalue weighted by Gasteiger charge is -2.39. The van der Waals surface area contributed by atoms with Crippen LogP contribution in [0.25, 0.3) is 0 Å². The number of carbonyl (C=O) groups is 1. The maximum absolute atomic E-state index is 13.8. The van der Waals surface area contributed by atoms with Crippen LogP contribution in [0.1, 0.15) is 54.4 Å². The molecule has 114 valence electrons. The third-order valence-electron chi connectivity index (χ3n) is 5.41. The molecule has 21 heavy (non-hydrogen) atoms. The van der Waals surface area contributed by atoms with Crippen molar-refractivity contribution in [2.24, 2.45) is 5.41 Å². The van der Waals surface area contributed by atoms with E-state index >= 15 is 0 Å². The number of anilines is 1. The van der Waals surface area contributed by atoms with Gasteiger partial charge in [0.05, 0.1) is 0 Å². The molecule has 1 heterocycles. The number of carbonyl (C=O) groups excluding carboxylic acids is 1. The first kappa shape index (κ1) is 14.4. The third kappa shape index (κ3) is 2.63. The van der Waals surface area contributed by atoms with Crippen LogP contribution in [0.2, 0.25) is 0 Å². The molecule has 0 unspecified atom stereocenters. The average Bonchev–Trinajstić information content (AvgIpc) is 2.92. The van der Waals surface area contributed by atoms with E-state index in [0.29, 0.717) is 22.2 Å². The third-order valence-corrected chi connectivity index (χ3v) is 5.41. The minimum Gasteiger partial charge on any atom is -0.398 e. The monoisotopic (exact) mass is 290 g/mol. The van der Waals surface area contributed by atoms with Crippen LogP contribution in [-0.2, 0) is 0 Å². The van der Waals surface area contributed by atoms with Crippen molar-refractivity contribution in [3.05, 3.63) is 29.1 Å². The molecule has 0 aromatic heterocycles. The molecular formula is C17H23FN2O. The SMILES string of the molecule is Cc1c(N)cc(C(=O)N2CCC3(CCCC3)CC2)cc1F. The molecule has 1 aromatic carbocycles. The first-order valence-electron chi connectivity index (χ1n) is 7.86. The maximum atomic E-state index is 13.8. The van der Waals surface area contributed by atoms with Crippen molar-refractivity contribution in [1.82, 2.24) is 4.90 Å². The zero-order valence-electron chi connectivity index (χ0n) is 12.6. The van der Waals surface area contributed by atoms with Crippen LogP contribution < -0.4 is 5.73 Å². The number of rotatable bonds is 1. The van der Waals surface area contributed by atoms with Crippen LogP contribution in [0.3, 0.4) is 0 Å². The number of piperidine rings is 1. The van der Waals surface area contributed by atoms with E-state index in [1.54, 1.807) is 13.0 Å². The summed E-state index contributed by atoms with van der Waals surface area (Å²) in [5.74, 6) is -0.490. The highest BCUT2D eigenvalue weighted by Gasteiger charge is 2.38. The Kier molecular flexibility index (Phi) is 3.64. The smallest absolute Gasteiger partial charge is 0.254 e. The van der Waals surface area contributed by atoms with Crippen molar-refractivity contribution < 1.29 is 9.18 Å². The van der Waals surface area contributed by atoms with E-state index in [-0.39, 0.29) is 5.91 Å². The number of likely N-dealkylation sites (tertiary alicyclic amines) is 1. The molecule has 0 radical (unpaired) electrons. The summed E-state index contributed by atoms with van der Waals surface area (Å²) in [5, 5.41) is 0. The van der Waals surface area contributed by atoms with Gasteiger partial charge < -0.3 is 10.6 Å². The van der Waals surface area contributed by atoms with Gasteiger partial charge in [0.1, 0.15) is 5.82 Å². The van der Waals surface area contributed by atoms with Crippen LogP contribution in [0.15, 0.2) is 12.1 Å². The Morgan fingerprint density at radius 1 is 1.19 bits per heavy atom. The summed E-state index contributed by atoms with van der Waals surface area (Å²) < 4.78 is 13.8. The molecule has 1 saturated carbocycles. The largest absolute Gasteiger partial charge is 0.398 e. The van der Waals surface area contributed by atoms with Gasteiger partial charge >= 0.3 is 0 Å². The van der Waals surface area contributed by atoms with Crippen molar-refractivity contribution in [2.75, 3.05) is 18.8 Å². The molecule has 3 rings (SSSR count). The summed E-state index contributed by atoms with van der Waals surface area (Å²) in [6, 6.07) is 2.91. The van der Waals surface area contributed by atoms with Crippen molar-refractivity contribution in [2.45, 2.75) is 45.4 Å². The fourth-order valence-corrected chi connectivity index (χ4v) is 3.82. The van der Waals surface area contributed by atoms with E-state index in [0.717, 1.165) is 25.9 Å². The lowest BCUT2D eigenvalue weighted by atomic mass is 9.77. The number of amides is 1. The normalized spacial score (nSPS) is 21.0. The molecular weight excluding hydrogens is 267 g/mol. The van der Waals surface area contributed by atoms with Gasteiger partial charge in [0, 0.05) is 29.9 Å². The molecule has 1 aliphatic carbocycles. The Morgan fingerprint density at radius 2 is 1.81 bits per heavy atom. The van der Waals surface area contributed by atoms with Gasteiger partial charge in [0.2, 0.25) is 0 Å². The predicted molar refractivity (Wildman–Crippen MR) is 81.6 cm³/mol. The Bertz CT molecular complexity index is 531. The number of halogens is 1. The number of hydrogen-bond acceptors (Lipinski definition) is 2. The fraction of sp³-hybridized carbons (Fsp3) is 0.588. The summed E-state index contributed by atoms with van der Waals surface area (Å²) in [6.07, 6.45) is 7.44. The van der Waals surface area contributed by atoms with Gasteiger partial charge in [0.25, 0.3) is 5.91 Å². The quantitative estimate of drug-likeness (QED) is 0.804. The highest BCUT2D eigenvalue weighted by molar-refractivity contribution is 5.95. The highest BCUT2D eigenvalue weighted by Crippen LogP contribution is 2.46. The number of hydrogen-bond donors (Lipinski definition) is 1. The maximum Gasteiger partial charge on any atom is 0.254 e. The van der Waals surface area contributed by atoms with Crippen molar-refractivity contribution in [3.63, 3.8) is 0 Å². The molecule has 1 aromatic rings. The zero-order valence-corrected chi connectivity index (χ0v) is 12.6. The van der Waals surface area contributed by atoms with Gasteiger partial charge in [-0.1, -0.05) is 12.8 Å². The van der Waals surface area contributed by atoms with Gasteiger partial charge in [-0.15, -0.1) is 0 Å². The van der Waals surface area contributed by atoms with Gasteiger partial charge in [-0.25, -0.2) is 4.39 Å². The number of nitrogens with zero attached hydrogens (tertiary/aromatic N) is 1. The minimum atomic E-state index is -0.400. The lowest BCUT2D eigenvalue weighted by Crippen LogP contribution is -2.42. The summed E-state index contributed by atoms with van der Waals surface area (Å²) in [4.78, 5) is 14.4. The Balaban J connectivity index is 1.72. The molecule has 2 aliphatic rings. The van der Waals surface area contributed by atoms with Gasteiger partial charge in [-0.3, -0.25) is 4.79 Å². The Labute approximate surface area is 125 Å². The molecule has 2 N–H and O–H groups in total. The second-order valence-corrected chi connectivity index (χ2v) is 6.67. The zero-order chi connectivity index (χ0) is 15.0. The van der Waals surface area contributed by atoms with Crippen LogP contribution >= 0.6 is 0 Å². The fourth-order valence-electron chi connectivity index (χ4n) is 3.82. The van der Waals surface area contributed by atoms with Crippen LogP contribution in [0, 0.1) is 18.2 Å². The molecule has 1 saturated heterocycles.